The van der Waals surface area contributed by atoms with Gasteiger partial charge >= 0.3 is 0 Å². The molecule has 0 fully saturated rings. The van der Waals surface area contributed by atoms with Crippen molar-refractivity contribution in [2.24, 2.45) is 0 Å². The number of pyridine rings is 1. The van der Waals surface area contributed by atoms with Gasteiger partial charge in [-0.2, -0.15) is 5.10 Å². The van der Waals surface area contributed by atoms with Gasteiger partial charge in [-0.3, -0.25) is 0 Å². The Balaban J connectivity index is 2.57. The largest absolute Gasteiger partial charge is 0.314 e. The Labute approximate surface area is 70.2 Å². The Hall–Kier alpha value is -1.42. The Morgan fingerprint density at radius 1 is 1.50 bits per heavy atom. The van der Waals surface area contributed by atoms with Crippen molar-refractivity contribution >= 4 is 5.65 Å². The van der Waals surface area contributed by atoms with Gasteiger partial charge in [0.1, 0.15) is 6.33 Å². The first kappa shape index (κ1) is 7.24. The molecule has 1 N–H and O–H groups in total. The SMILES string of the molecule is CNCc1cccc2ncnn12. The lowest BCUT2D eigenvalue weighted by Gasteiger charge is -2.01. The summed E-state index contributed by atoms with van der Waals surface area (Å²) in [6.07, 6.45) is 1.56. The van der Waals surface area contributed by atoms with Crippen molar-refractivity contribution in [2.45, 2.75) is 6.54 Å². The van der Waals surface area contributed by atoms with E-state index in [2.05, 4.69) is 15.4 Å². The molecule has 2 heterocycles. The summed E-state index contributed by atoms with van der Waals surface area (Å²) >= 11 is 0. The van der Waals surface area contributed by atoms with Crippen molar-refractivity contribution in [3.8, 4) is 0 Å². The van der Waals surface area contributed by atoms with Crippen molar-refractivity contribution in [3.05, 3.63) is 30.2 Å². The second-order valence-corrected chi connectivity index (χ2v) is 2.58. The van der Waals surface area contributed by atoms with Crippen LogP contribution < -0.4 is 5.32 Å². The first-order valence-corrected chi connectivity index (χ1v) is 3.84. The van der Waals surface area contributed by atoms with Gasteiger partial charge in [0.05, 0.1) is 5.69 Å². The molecule has 2 rings (SSSR count). The lowest BCUT2D eigenvalue weighted by Crippen LogP contribution is -2.09. The van der Waals surface area contributed by atoms with Gasteiger partial charge in [-0.15, -0.1) is 0 Å². The second-order valence-electron chi connectivity index (χ2n) is 2.58. The highest BCUT2D eigenvalue weighted by molar-refractivity contribution is 5.37. The maximum atomic E-state index is 4.10. The normalized spacial score (nSPS) is 10.8. The molecule has 0 radical (unpaired) electrons. The van der Waals surface area contributed by atoms with Crippen LogP contribution in [0.4, 0.5) is 0 Å². The Kier molecular flexibility index (Phi) is 1.75. The second kappa shape index (κ2) is 2.91. The average Bonchev–Trinajstić information content (AvgIpc) is 2.53. The van der Waals surface area contributed by atoms with Gasteiger partial charge in [0.15, 0.2) is 5.65 Å². The highest BCUT2D eigenvalue weighted by atomic mass is 15.3. The molecule has 0 spiro atoms. The standard InChI is InChI=1S/C8H10N4/c1-9-5-7-3-2-4-8-10-6-11-12(7)8/h2-4,6,9H,5H2,1H3. The van der Waals surface area contributed by atoms with Gasteiger partial charge in [0.2, 0.25) is 0 Å². The molecule has 0 unspecified atom stereocenters. The molecular formula is C8H10N4. The molecule has 0 atom stereocenters. The minimum absolute atomic E-state index is 0.806. The highest BCUT2D eigenvalue weighted by Gasteiger charge is 1.98. The molecule has 0 saturated carbocycles. The quantitative estimate of drug-likeness (QED) is 0.697. The summed E-state index contributed by atoms with van der Waals surface area (Å²) in [4.78, 5) is 4.09. The molecule has 4 nitrogen and oxygen atoms in total. The number of nitrogens with zero attached hydrogens (tertiary/aromatic N) is 3. The van der Waals surface area contributed by atoms with E-state index >= 15 is 0 Å². The zero-order valence-corrected chi connectivity index (χ0v) is 6.86. The van der Waals surface area contributed by atoms with Crippen LogP contribution in [0.15, 0.2) is 24.5 Å². The number of aromatic nitrogens is 3. The van der Waals surface area contributed by atoms with E-state index in [4.69, 9.17) is 0 Å². The van der Waals surface area contributed by atoms with Crippen LogP contribution in [0.2, 0.25) is 0 Å². The van der Waals surface area contributed by atoms with E-state index in [1.165, 1.54) is 0 Å². The monoisotopic (exact) mass is 162 g/mol. The number of hydrogen-bond acceptors (Lipinski definition) is 3. The zero-order chi connectivity index (χ0) is 8.39. The van der Waals surface area contributed by atoms with E-state index in [9.17, 15) is 0 Å². The van der Waals surface area contributed by atoms with Crippen LogP contribution in [0, 0.1) is 0 Å². The zero-order valence-electron chi connectivity index (χ0n) is 6.86. The fourth-order valence-corrected chi connectivity index (χ4v) is 1.22. The summed E-state index contributed by atoms with van der Waals surface area (Å²) in [6.45, 7) is 0.806. The first-order chi connectivity index (χ1) is 5.92. The highest BCUT2D eigenvalue weighted by Crippen LogP contribution is 2.02. The van der Waals surface area contributed by atoms with Gasteiger partial charge in [-0.25, -0.2) is 9.50 Å². The number of hydrogen-bond donors (Lipinski definition) is 1. The maximum absolute atomic E-state index is 4.10. The molecule has 2 aromatic rings. The van der Waals surface area contributed by atoms with Gasteiger partial charge in [0, 0.05) is 6.54 Å². The molecular weight excluding hydrogens is 152 g/mol. The van der Waals surface area contributed by atoms with Gasteiger partial charge in [0.25, 0.3) is 0 Å². The predicted octanol–water partition coefficient (Wildman–Crippen LogP) is 0.449. The molecule has 0 aliphatic heterocycles. The average molecular weight is 162 g/mol. The van der Waals surface area contributed by atoms with Crippen LogP contribution in [0.3, 0.4) is 0 Å². The van der Waals surface area contributed by atoms with Crippen molar-refractivity contribution in [1.29, 1.82) is 0 Å². The minimum atomic E-state index is 0.806. The first-order valence-electron chi connectivity index (χ1n) is 3.84. The molecule has 0 aliphatic rings. The fraction of sp³-hybridized carbons (Fsp3) is 0.250. The lowest BCUT2D eigenvalue weighted by molar-refractivity contribution is 0.747. The molecule has 0 saturated heterocycles. The van der Waals surface area contributed by atoms with Crippen molar-refractivity contribution in [2.75, 3.05) is 7.05 Å². The summed E-state index contributed by atoms with van der Waals surface area (Å²) in [6, 6.07) is 5.95. The van der Waals surface area contributed by atoms with Gasteiger partial charge in [-0.1, -0.05) is 6.07 Å². The molecule has 0 aliphatic carbocycles. The van der Waals surface area contributed by atoms with Crippen LogP contribution in [0.1, 0.15) is 5.69 Å². The van der Waals surface area contributed by atoms with E-state index < -0.39 is 0 Å². The van der Waals surface area contributed by atoms with Crippen LogP contribution >= 0.6 is 0 Å². The summed E-state index contributed by atoms with van der Waals surface area (Å²) in [5.74, 6) is 0. The third-order valence-corrected chi connectivity index (χ3v) is 1.74. The van der Waals surface area contributed by atoms with E-state index in [1.54, 1.807) is 6.33 Å². The Bertz CT molecular complexity index is 379. The van der Waals surface area contributed by atoms with E-state index in [-0.39, 0.29) is 0 Å². The smallest absolute Gasteiger partial charge is 0.155 e. The predicted molar refractivity (Wildman–Crippen MR) is 45.8 cm³/mol. The maximum Gasteiger partial charge on any atom is 0.155 e. The van der Waals surface area contributed by atoms with Crippen LogP contribution in [-0.4, -0.2) is 21.6 Å². The van der Waals surface area contributed by atoms with E-state index in [1.807, 2.05) is 29.8 Å². The van der Waals surface area contributed by atoms with Gasteiger partial charge < -0.3 is 5.32 Å². The fourth-order valence-electron chi connectivity index (χ4n) is 1.22. The Morgan fingerprint density at radius 2 is 2.42 bits per heavy atom. The number of nitrogens with one attached hydrogen (secondary N) is 1. The molecule has 2 aromatic heterocycles. The summed E-state index contributed by atoms with van der Waals surface area (Å²) in [5, 5.41) is 7.18. The van der Waals surface area contributed by atoms with Crippen molar-refractivity contribution in [3.63, 3.8) is 0 Å². The summed E-state index contributed by atoms with van der Waals surface area (Å²) in [5.41, 5.74) is 2.01. The third kappa shape index (κ3) is 1.06. The number of fused-ring (bicyclic) bond motifs is 1. The molecule has 0 bridgehead atoms. The topological polar surface area (TPSA) is 42.2 Å². The summed E-state index contributed by atoms with van der Waals surface area (Å²) in [7, 11) is 1.91. The Morgan fingerprint density at radius 3 is 3.25 bits per heavy atom. The van der Waals surface area contributed by atoms with Crippen molar-refractivity contribution < 1.29 is 0 Å². The van der Waals surface area contributed by atoms with Crippen LogP contribution in [0.5, 0.6) is 0 Å². The van der Waals surface area contributed by atoms with E-state index in [0.717, 1.165) is 17.9 Å². The van der Waals surface area contributed by atoms with Gasteiger partial charge in [-0.05, 0) is 19.2 Å². The molecule has 0 aromatic carbocycles. The molecule has 0 amide bonds. The lowest BCUT2D eigenvalue weighted by atomic mass is 10.3. The number of rotatable bonds is 2. The van der Waals surface area contributed by atoms with E-state index in [0.29, 0.717) is 0 Å². The van der Waals surface area contributed by atoms with Crippen LogP contribution in [-0.2, 0) is 6.54 Å². The molecule has 62 valence electrons. The van der Waals surface area contributed by atoms with Crippen molar-refractivity contribution in [1.82, 2.24) is 19.9 Å². The summed E-state index contributed by atoms with van der Waals surface area (Å²) < 4.78 is 1.83. The van der Waals surface area contributed by atoms with Crippen LogP contribution in [0.25, 0.3) is 5.65 Å². The minimum Gasteiger partial charge on any atom is -0.314 e. The molecule has 4 heteroatoms. The third-order valence-electron chi connectivity index (χ3n) is 1.74. The molecule has 12 heavy (non-hydrogen) atoms.